The van der Waals surface area contributed by atoms with Gasteiger partial charge in [-0.2, -0.15) is 0 Å². The number of hydrogen-bond acceptors (Lipinski definition) is 12. The molecule has 13 nitrogen and oxygen atoms in total. The molecule has 0 aliphatic heterocycles. The van der Waals surface area contributed by atoms with Crippen LogP contribution in [0.3, 0.4) is 0 Å². The third kappa shape index (κ3) is 24.0. The standard InChI is InChI=1S/C39H73O13P/c1-3-5-7-9-11-13-15-16-18-20-22-24-26-28-33(41)51-31(29-49-32(40)27-25-23-21-19-17-14-12-10-8-6-4-2)30-50-53(47,48)52-39-37(45)35(43)34(42)36(44)38(39)46/h16,18,31,34-39,42-46H,3-15,17,19-30H2,1-2H3,(H,47,48)/b18-16+/t31-,34?,35-,36?,37?,38?,39?/m1/s1. The van der Waals surface area contributed by atoms with Crippen LogP contribution in [-0.4, -0.2) is 98.3 Å². The third-order valence-corrected chi connectivity index (χ3v) is 10.6. The van der Waals surface area contributed by atoms with Gasteiger partial charge in [-0.15, -0.1) is 0 Å². The Hall–Kier alpha value is -1.41. The van der Waals surface area contributed by atoms with Gasteiger partial charge in [0.15, 0.2) is 6.10 Å². The van der Waals surface area contributed by atoms with Gasteiger partial charge in [-0.05, 0) is 38.5 Å². The normalized spacial score (nSPS) is 23.5. The average Bonchev–Trinajstić information content (AvgIpc) is 3.13. The minimum Gasteiger partial charge on any atom is -0.462 e. The number of aliphatic hydroxyl groups is 5. The molecule has 0 bridgehead atoms. The van der Waals surface area contributed by atoms with Crippen molar-refractivity contribution in [3.05, 3.63) is 12.2 Å². The van der Waals surface area contributed by atoms with E-state index in [1.54, 1.807) is 0 Å². The number of esters is 2. The fourth-order valence-corrected chi connectivity index (χ4v) is 7.19. The van der Waals surface area contributed by atoms with Crippen LogP contribution in [0.25, 0.3) is 0 Å². The second-order valence-corrected chi connectivity index (χ2v) is 15.9. The number of aliphatic hydroxyl groups excluding tert-OH is 5. The molecule has 0 aromatic heterocycles. The molecule has 0 saturated heterocycles. The van der Waals surface area contributed by atoms with Gasteiger partial charge >= 0.3 is 19.8 Å². The fourth-order valence-electron chi connectivity index (χ4n) is 6.22. The number of carbonyl (C=O) groups is 2. The van der Waals surface area contributed by atoms with Crippen molar-refractivity contribution in [3.63, 3.8) is 0 Å². The summed E-state index contributed by atoms with van der Waals surface area (Å²) in [5, 5.41) is 49.9. The summed E-state index contributed by atoms with van der Waals surface area (Å²) in [5.41, 5.74) is 0. The van der Waals surface area contributed by atoms with Crippen molar-refractivity contribution < 1.29 is 63.1 Å². The summed E-state index contributed by atoms with van der Waals surface area (Å²) in [6.45, 7) is 3.24. The molecular weight excluding hydrogens is 707 g/mol. The monoisotopic (exact) mass is 780 g/mol. The van der Waals surface area contributed by atoms with E-state index in [0.29, 0.717) is 12.8 Å². The molecule has 8 atom stereocenters. The number of ether oxygens (including phenoxy) is 2. The summed E-state index contributed by atoms with van der Waals surface area (Å²) in [6.07, 6.45) is 15.7. The highest BCUT2D eigenvalue weighted by atomic mass is 31.2. The molecule has 0 aromatic carbocycles. The molecule has 0 amide bonds. The molecular formula is C39H73O13P. The molecule has 0 heterocycles. The van der Waals surface area contributed by atoms with Crippen molar-refractivity contribution in [2.75, 3.05) is 13.2 Å². The Balaban J connectivity index is 2.54. The van der Waals surface area contributed by atoms with E-state index in [9.17, 15) is 44.6 Å². The minimum atomic E-state index is -5.11. The van der Waals surface area contributed by atoms with Crippen LogP contribution in [0.5, 0.6) is 0 Å². The molecule has 1 saturated carbocycles. The lowest BCUT2D eigenvalue weighted by Crippen LogP contribution is -2.64. The molecule has 312 valence electrons. The summed E-state index contributed by atoms with van der Waals surface area (Å²) >= 11 is 0. The molecule has 0 spiro atoms. The van der Waals surface area contributed by atoms with Crippen molar-refractivity contribution >= 4 is 19.8 Å². The van der Waals surface area contributed by atoms with Gasteiger partial charge in [0.05, 0.1) is 6.61 Å². The molecule has 6 unspecified atom stereocenters. The van der Waals surface area contributed by atoms with Gasteiger partial charge in [0.1, 0.15) is 43.2 Å². The maximum absolute atomic E-state index is 12.7. The van der Waals surface area contributed by atoms with Crippen LogP contribution >= 0.6 is 7.82 Å². The van der Waals surface area contributed by atoms with E-state index in [1.165, 1.54) is 83.5 Å². The predicted octanol–water partition coefficient (Wildman–Crippen LogP) is 6.72. The van der Waals surface area contributed by atoms with Crippen molar-refractivity contribution in [2.24, 2.45) is 0 Å². The Kier molecular flexibility index (Phi) is 28.8. The van der Waals surface area contributed by atoms with Crippen LogP contribution in [0.4, 0.5) is 0 Å². The average molecular weight is 781 g/mol. The lowest BCUT2D eigenvalue weighted by molar-refractivity contribution is -0.220. The van der Waals surface area contributed by atoms with E-state index in [0.717, 1.165) is 44.9 Å². The highest BCUT2D eigenvalue weighted by Gasteiger charge is 2.51. The van der Waals surface area contributed by atoms with Gasteiger partial charge in [0.2, 0.25) is 0 Å². The Labute approximate surface area is 318 Å². The Bertz CT molecular complexity index is 996. The van der Waals surface area contributed by atoms with E-state index in [-0.39, 0.29) is 12.8 Å². The van der Waals surface area contributed by atoms with E-state index < -0.39 is 75.7 Å². The number of carbonyl (C=O) groups excluding carboxylic acids is 2. The Morgan fingerprint density at radius 3 is 1.45 bits per heavy atom. The van der Waals surface area contributed by atoms with Crippen molar-refractivity contribution in [1.82, 2.24) is 0 Å². The number of allylic oxidation sites excluding steroid dienone is 2. The Morgan fingerprint density at radius 2 is 0.962 bits per heavy atom. The second kappa shape index (κ2) is 30.8. The van der Waals surface area contributed by atoms with Gasteiger partial charge in [-0.25, -0.2) is 4.57 Å². The maximum Gasteiger partial charge on any atom is 0.472 e. The summed E-state index contributed by atoms with van der Waals surface area (Å²) < 4.78 is 33.3. The molecule has 1 fully saturated rings. The highest BCUT2D eigenvalue weighted by Crippen LogP contribution is 2.47. The second-order valence-electron chi connectivity index (χ2n) is 14.5. The Morgan fingerprint density at radius 1 is 0.566 bits per heavy atom. The van der Waals surface area contributed by atoms with Gasteiger partial charge in [0, 0.05) is 12.8 Å². The largest absolute Gasteiger partial charge is 0.472 e. The number of hydrogen-bond donors (Lipinski definition) is 6. The molecule has 1 aliphatic carbocycles. The minimum absolute atomic E-state index is 0.0799. The van der Waals surface area contributed by atoms with Crippen LogP contribution in [0.1, 0.15) is 168 Å². The van der Waals surface area contributed by atoms with Gasteiger partial charge in [-0.1, -0.05) is 129 Å². The lowest BCUT2D eigenvalue weighted by Gasteiger charge is -2.41. The molecule has 1 rings (SSSR count). The van der Waals surface area contributed by atoms with Crippen molar-refractivity contribution in [2.45, 2.75) is 211 Å². The topological polar surface area (TPSA) is 210 Å². The zero-order valence-electron chi connectivity index (χ0n) is 32.6. The first-order valence-corrected chi connectivity index (χ1v) is 22.0. The third-order valence-electron chi connectivity index (χ3n) is 9.61. The molecule has 53 heavy (non-hydrogen) atoms. The van der Waals surface area contributed by atoms with Crippen molar-refractivity contribution in [3.8, 4) is 0 Å². The summed E-state index contributed by atoms with van der Waals surface area (Å²) in [7, 11) is -5.11. The molecule has 6 N–H and O–H groups in total. The molecule has 1 aliphatic rings. The quantitative estimate of drug-likeness (QED) is 0.0177. The first-order valence-electron chi connectivity index (χ1n) is 20.5. The number of rotatable bonds is 33. The van der Waals surface area contributed by atoms with Crippen LogP contribution in [-0.2, 0) is 32.7 Å². The zero-order chi connectivity index (χ0) is 39.3. The summed E-state index contributed by atoms with van der Waals surface area (Å²) in [6, 6.07) is 0. The van der Waals surface area contributed by atoms with E-state index in [2.05, 4.69) is 26.0 Å². The number of phosphoric ester groups is 1. The summed E-state index contributed by atoms with van der Waals surface area (Å²) in [4.78, 5) is 35.5. The number of phosphoric acid groups is 1. The summed E-state index contributed by atoms with van der Waals surface area (Å²) in [5.74, 6) is -1.12. The number of unbranched alkanes of at least 4 members (excludes halogenated alkanes) is 19. The maximum atomic E-state index is 12.7. The van der Waals surface area contributed by atoms with E-state index >= 15 is 0 Å². The van der Waals surface area contributed by atoms with Gasteiger partial charge < -0.3 is 39.9 Å². The lowest BCUT2D eigenvalue weighted by atomic mass is 9.85. The van der Waals surface area contributed by atoms with Gasteiger partial charge in [-0.3, -0.25) is 18.6 Å². The first kappa shape index (κ1) is 49.6. The zero-order valence-corrected chi connectivity index (χ0v) is 33.5. The fraction of sp³-hybridized carbons (Fsp3) is 0.897. The van der Waals surface area contributed by atoms with Crippen LogP contribution in [0.2, 0.25) is 0 Å². The molecule has 14 heteroatoms. The van der Waals surface area contributed by atoms with E-state index in [1.807, 2.05) is 0 Å². The van der Waals surface area contributed by atoms with Gasteiger partial charge in [0.25, 0.3) is 0 Å². The molecule has 0 aromatic rings. The first-order chi connectivity index (χ1) is 25.4. The predicted molar refractivity (Wildman–Crippen MR) is 203 cm³/mol. The van der Waals surface area contributed by atoms with Crippen LogP contribution in [0.15, 0.2) is 12.2 Å². The highest BCUT2D eigenvalue weighted by molar-refractivity contribution is 7.47. The van der Waals surface area contributed by atoms with E-state index in [4.69, 9.17) is 18.5 Å². The van der Waals surface area contributed by atoms with Crippen molar-refractivity contribution in [1.29, 1.82) is 0 Å². The van der Waals surface area contributed by atoms with Crippen LogP contribution < -0.4 is 0 Å². The SMILES string of the molecule is CCCCCCCC/C=C/CCCCCC(=O)O[C@H](COC(=O)CCCCCCCCCCCCC)COP(=O)(O)OC1C(O)C(O)C(O)[C@@H](O)C1O. The molecule has 0 radical (unpaired) electrons. The van der Waals surface area contributed by atoms with Crippen LogP contribution in [0, 0.1) is 0 Å². The smallest absolute Gasteiger partial charge is 0.462 e.